The smallest absolute Gasteiger partial charge is 0.493 e. The Morgan fingerprint density at radius 1 is 1.00 bits per heavy atom. The number of likely N-dealkylation sites (tertiary alicyclic amines) is 1. The van der Waals surface area contributed by atoms with Crippen molar-refractivity contribution in [3.63, 3.8) is 0 Å². The Kier molecular flexibility index (Phi) is 6.45. The minimum atomic E-state index is -5.02. The Morgan fingerprint density at radius 3 is 2.29 bits per heavy atom. The first kappa shape index (κ1) is 23.5. The number of nitrogens with zero attached hydrogens (tertiary/aromatic N) is 3. The number of fused-ring (bicyclic) bond motifs is 1. The number of carbonyl (C=O) groups excluding carboxylic acids is 1. The van der Waals surface area contributed by atoms with Crippen LogP contribution in [0.4, 0.5) is 17.6 Å². The molecule has 0 aliphatic carbocycles. The zero-order chi connectivity index (χ0) is 24.5. The summed E-state index contributed by atoms with van der Waals surface area (Å²) in [4.78, 5) is 23.1. The van der Waals surface area contributed by atoms with Crippen molar-refractivity contribution in [2.24, 2.45) is 0 Å². The van der Waals surface area contributed by atoms with Gasteiger partial charge in [-0.1, -0.05) is 0 Å². The van der Waals surface area contributed by atoms with Gasteiger partial charge in [0.05, 0.1) is 25.4 Å². The summed E-state index contributed by atoms with van der Waals surface area (Å²) in [7, 11) is 3.09. The Labute approximate surface area is 192 Å². The SMILES string of the molecule is COc1cc2ncnc(C3CCN(C(=O)c4ccc(OC(F)(F)F)c(F)c4)CC3)c2cc1OC. The molecule has 0 saturated carbocycles. The molecule has 0 radical (unpaired) electrons. The standard InChI is InChI=1S/C23H21F4N3O4/c1-32-19-10-15-17(11-20(19)33-2)28-12-29-21(15)13-5-7-30(8-6-13)22(31)14-3-4-18(16(24)9-14)34-23(25,26)27/h3-4,9-13H,5-8H2,1-2H3. The van der Waals surface area contributed by atoms with Crippen molar-refractivity contribution in [2.45, 2.75) is 25.1 Å². The van der Waals surface area contributed by atoms with Gasteiger partial charge in [0.2, 0.25) is 0 Å². The molecule has 7 nitrogen and oxygen atoms in total. The maximum atomic E-state index is 14.0. The number of benzene rings is 2. The molecule has 0 N–H and O–H groups in total. The number of amides is 1. The predicted octanol–water partition coefficient (Wildman–Crippen LogP) is 4.70. The lowest BCUT2D eigenvalue weighted by molar-refractivity contribution is -0.275. The highest BCUT2D eigenvalue weighted by atomic mass is 19.4. The molecule has 0 atom stereocenters. The van der Waals surface area contributed by atoms with Gasteiger partial charge < -0.3 is 19.1 Å². The van der Waals surface area contributed by atoms with Crippen LogP contribution in [-0.4, -0.2) is 54.4 Å². The van der Waals surface area contributed by atoms with Crippen LogP contribution in [0.15, 0.2) is 36.7 Å². The van der Waals surface area contributed by atoms with Crippen LogP contribution in [0.2, 0.25) is 0 Å². The van der Waals surface area contributed by atoms with Crippen molar-refractivity contribution < 1.29 is 36.6 Å². The molecular formula is C23H21F4N3O4. The lowest BCUT2D eigenvalue weighted by Gasteiger charge is -2.32. The Hall–Kier alpha value is -3.63. The summed E-state index contributed by atoms with van der Waals surface area (Å²) >= 11 is 0. The normalized spacial score (nSPS) is 14.8. The molecule has 0 unspecified atom stereocenters. The molecule has 1 aliphatic heterocycles. The number of hydrogen-bond acceptors (Lipinski definition) is 6. The predicted molar refractivity (Wildman–Crippen MR) is 114 cm³/mol. The minimum absolute atomic E-state index is 0.0465. The summed E-state index contributed by atoms with van der Waals surface area (Å²) in [5.74, 6) is -1.54. The fraction of sp³-hybridized carbons (Fsp3) is 0.348. The van der Waals surface area contributed by atoms with Crippen LogP contribution in [-0.2, 0) is 0 Å². The lowest BCUT2D eigenvalue weighted by atomic mass is 9.90. The van der Waals surface area contributed by atoms with E-state index in [-0.39, 0.29) is 11.5 Å². The van der Waals surface area contributed by atoms with Gasteiger partial charge in [-0.15, -0.1) is 13.2 Å². The molecule has 0 bridgehead atoms. The van der Waals surface area contributed by atoms with Crippen molar-refractivity contribution in [3.8, 4) is 17.2 Å². The highest BCUT2D eigenvalue weighted by Gasteiger charge is 2.33. The van der Waals surface area contributed by atoms with Gasteiger partial charge in [-0.25, -0.2) is 14.4 Å². The summed E-state index contributed by atoms with van der Waals surface area (Å²) in [5.41, 5.74) is 1.49. The minimum Gasteiger partial charge on any atom is -0.493 e. The quantitative estimate of drug-likeness (QED) is 0.494. The number of carbonyl (C=O) groups is 1. The first-order chi connectivity index (χ1) is 16.2. The molecule has 1 aromatic heterocycles. The maximum absolute atomic E-state index is 14.0. The van der Waals surface area contributed by atoms with Gasteiger partial charge in [0.1, 0.15) is 6.33 Å². The zero-order valence-electron chi connectivity index (χ0n) is 18.4. The summed E-state index contributed by atoms with van der Waals surface area (Å²) in [5, 5.41) is 0.826. The number of methoxy groups -OCH3 is 2. The van der Waals surface area contributed by atoms with Gasteiger partial charge in [0.15, 0.2) is 23.1 Å². The third-order valence-corrected chi connectivity index (χ3v) is 5.74. The molecule has 34 heavy (non-hydrogen) atoms. The number of halogens is 4. The van der Waals surface area contributed by atoms with Crippen LogP contribution in [0.5, 0.6) is 17.2 Å². The van der Waals surface area contributed by atoms with Crippen molar-refractivity contribution in [3.05, 3.63) is 53.7 Å². The van der Waals surface area contributed by atoms with Gasteiger partial charge in [-0.2, -0.15) is 0 Å². The highest BCUT2D eigenvalue weighted by molar-refractivity contribution is 5.94. The molecule has 11 heteroatoms. The van der Waals surface area contributed by atoms with E-state index in [9.17, 15) is 22.4 Å². The van der Waals surface area contributed by atoms with Gasteiger partial charge in [0.25, 0.3) is 5.91 Å². The molecule has 2 heterocycles. The fourth-order valence-electron chi connectivity index (χ4n) is 4.11. The second-order valence-corrected chi connectivity index (χ2v) is 7.74. The van der Waals surface area contributed by atoms with Crippen LogP contribution in [0, 0.1) is 5.82 Å². The van der Waals surface area contributed by atoms with Gasteiger partial charge in [0, 0.05) is 36.0 Å². The number of ether oxygens (including phenoxy) is 3. The largest absolute Gasteiger partial charge is 0.573 e. The van der Waals surface area contributed by atoms with Crippen molar-refractivity contribution in [1.29, 1.82) is 0 Å². The van der Waals surface area contributed by atoms with Crippen LogP contribution < -0.4 is 14.2 Å². The molecule has 3 aromatic rings. The number of hydrogen-bond donors (Lipinski definition) is 0. The van der Waals surface area contributed by atoms with Crippen LogP contribution in [0.3, 0.4) is 0 Å². The van der Waals surface area contributed by atoms with E-state index in [4.69, 9.17) is 9.47 Å². The zero-order valence-corrected chi connectivity index (χ0v) is 18.4. The molecule has 1 fully saturated rings. The third-order valence-electron chi connectivity index (χ3n) is 5.74. The monoisotopic (exact) mass is 479 g/mol. The second kappa shape index (κ2) is 9.32. The number of aromatic nitrogens is 2. The van der Waals surface area contributed by atoms with Crippen molar-refractivity contribution in [2.75, 3.05) is 27.3 Å². The van der Waals surface area contributed by atoms with Gasteiger partial charge >= 0.3 is 6.36 Å². The summed E-state index contributed by atoms with van der Waals surface area (Å²) in [6.45, 7) is 0.759. The van der Waals surface area contributed by atoms with E-state index in [1.165, 1.54) is 6.33 Å². The summed E-state index contributed by atoms with van der Waals surface area (Å²) in [6.07, 6.45) is -2.34. The number of rotatable bonds is 5. The molecule has 180 valence electrons. The van der Waals surface area contributed by atoms with E-state index in [1.54, 1.807) is 25.2 Å². The Balaban J connectivity index is 1.49. The maximum Gasteiger partial charge on any atom is 0.573 e. The van der Waals surface area contributed by atoms with E-state index in [1.807, 2.05) is 6.07 Å². The average Bonchev–Trinajstić information content (AvgIpc) is 2.82. The molecule has 1 amide bonds. The number of piperidine rings is 1. The van der Waals surface area contributed by atoms with Gasteiger partial charge in [-0.3, -0.25) is 4.79 Å². The number of alkyl halides is 3. The fourth-order valence-corrected chi connectivity index (χ4v) is 4.11. The van der Waals surface area contributed by atoms with E-state index in [0.717, 1.165) is 29.3 Å². The highest BCUT2D eigenvalue weighted by Crippen LogP contribution is 2.37. The molecule has 0 spiro atoms. The van der Waals surface area contributed by atoms with Crippen molar-refractivity contribution in [1.82, 2.24) is 14.9 Å². The molecule has 2 aromatic carbocycles. The molecule has 1 aliphatic rings. The topological polar surface area (TPSA) is 73.8 Å². The molecule has 1 saturated heterocycles. The van der Waals surface area contributed by atoms with E-state index < -0.39 is 23.8 Å². The van der Waals surface area contributed by atoms with Crippen molar-refractivity contribution >= 4 is 16.8 Å². The first-order valence-electron chi connectivity index (χ1n) is 10.4. The Morgan fingerprint density at radius 2 is 1.68 bits per heavy atom. The van der Waals surface area contributed by atoms with E-state index in [0.29, 0.717) is 42.9 Å². The average molecular weight is 479 g/mol. The molecule has 4 rings (SSSR count). The second-order valence-electron chi connectivity index (χ2n) is 7.74. The van der Waals surface area contributed by atoms with E-state index >= 15 is 0 Å². The third kappa shape index (κ3) is 4.82. The van der Waals surface area contributed by atoms with Crippen LogP contribution >= 0.6 is 0 Å². The lowest BCUT2D eigenvalue weighted by Crippen LogP contribution is -2.38. The van der Waals surface area contributed by atoms with Crippen LogP contribution in [0.25, 0.3) is 10.9 Å². The molecular weight excluding hydrogens is 458 g/mol. The summed E-state index contributed by atoms with van der Waals surface area (Å²) in [6, 6.07) is 6.29. The van der Waals surface area contributed by atoms with E-state index in [2.05, 4.69) is 14.7 Å². The summed E-state index contributed by atoms with van der Waals surface area (Å²) < 4.78 is 65.4. The van der Waals surface area contributed by atoms with Gasteiger partial charge in [-0.05, 0) is 37.1 Å². The van der Waals surface area contributed by atoms with Crippen LogP contribution in [0.1, 0.15) is 34.8 Å². The first-order valence-corrected chi connectivity index (χ1v) is 10.4. The Bertz CT molecular complexity index is 1210.